The highest BCUT2D eigenvalue weighted by Gasteiger charge is 2.29. The van der Waals surface area contributed by atoms with E-state index in [4.69, 9.17) is 19.6 Å². The lowest BCUT2D eigenvalue weighted by Crippen LogP contribution is -2.44. The summed E-state index contributed by atoms with van der Waals surface area (Å²) in [6.45, 7) is 17.6. The Morgan fingerprint density at radius 3 is 2.40 bits per heavy atom. The highest BCUT2D eigenvalue weighted by atomic mass is 16.6. The molecule has 1 fully saturated rings. The molecule has 3 heterocycles. The summed E-state index contributed by atoms with van der Waals surface area (Å²) < 4.78 is 13.3. The van der Waals surface area contributed by atoms with Gasteiger partial charge in [0.05, 0.1) is 24.1 Å². The molecule has 0 aliphatic carbocycles. The number of nitrogens with zero attached hydrogens (tertiary/aromatic N) is 5. The summed E-state index contributed by atoms with van der Waals surface area (Å²) in [6.07, 6.45) is 2.98. The first-order chi connectivity index (χ1) is 19.7. The van der Waals surface area contributed by atoms with E-state index in [9.17, 15) is 9.59 Å². The van der Waals surface area contributed by atoms with E-state index < -0.39 is 17.3 Å². The van der Waals surface area contributed by atoms with E-state index >= 15 is 0 Å². The van der Waals surface area contributed by atoms with Crippen LogP contribution in [0.3, 0.4) is 0 Å². The van der Waals surface area contributed by atoms with E-state index in [2.05, 4.69) is 19.2 Å². The molecule has 10 nitrogen and oxygen atoms in total. The molecule has 228 valence electrons. The maximum absolute atomic E-state index is 13.6. The lowest BCUT2D eigenvalue weighted by Gasteiger charge is -2.34. The zero-order chi connectivity index (χ0) is 30.7. The molecule has 1 aliphatic rings. The van der Waals surface area contributed by atoms with Crippen LogP contribution in [0.15, 0.2) is 42.6 Å². The van der Waals surface area contributed by atoms with Gasteiger partial charge in [0.25, 0.3) is 0 Å². The molecule has 0 bridgehead atoms. The number of anilines is 2. The Bertz CT molecular complexity index is 1370. The number of imidazole rings is 1. The molecule has 0 unspecified atom stereocenters. The van der Waals surface area contributed by atoms with Crippen molar-refractivity contribution in [2.24, 2.45) is 5.92 Å². The van der Waals surface area contributed by atoms with Gasteiger partial charge in [-0.3, -0.25) is 4.90 Å². The molecule has 10 heteroatoms. The molecular weight excluding hydrogens is 532 g/mol. The Labute approximate surface area is 249 Å². The minimum atomic E-state index is -0.671. The summed E-state index contributed by atoms with van der Waals surface area (Å²) in [4.78, 5) is 34.5. The summed E-state index contributed by atoms with van der Waals surface area (Å²) in [5.41, 5.74) is 1.89. The molecule has 1 N–H and O–H groups in total. The third-order valence-electron chi connectivity index (χ3n) is 6.90. The molecule has 2 aromatic heterocycles. The lowest BCUT2D eigenvalue weighted by atomic mass is 9.98. The first-order valence-corrected chi connectivity index (χ1v) is 14.8. The van der Waals surface area contributed by atoms with Crippen molar-refractivity contribution in [3.63, 3.8) is 0 Å². The van der Waals surface area contributed by atoms with Crippen LogP contribution in [0.25, 0.3) is 5.65 Å². The smallest absolute Gasteiger partial charge is 0.415 e. The predicted molar refractivity (Wildman–Crippen MR) is 165 cm³/mol. The molecular formula is C32H46N6O4. The van der Waals surface area contributed by atoms with Gasteiger partial charge in [-0.1, -0.05) is 44.2 Å². The summed E-state index contributed by atoms with van der Waals surface area (Å²) in [7, 11) is 0. The number of fused-ring (bicyclic) bond motifs is 1. The van der Waals surface area contributed by atoms with Crippen molar-refractivity contribution >= 4 is 29.3 Å². The predicted octanol–water partition coefficient (Wildman–Crippen LogP) is 6.85. The monoisotopic (exact) mass is 578 g/mol. The largest absolute Gasteiger partial charge is 0.444 e. The number of likely N-dealkylation sites (tertiary alicyclic amines) is 1. The Hall–Kier alpha value is -3.82. The maximum Gasteiger partial charge on any atom is 0.415 e. The molecule has 4 rings (SSSR count). The molecule has 2 amide bonds. The first-order valence-electron chi connectivity index (χ1n) is 14.8. The standard InChI is InChI=1S/C32H46N6O4/c1-22(2)26-19-34-28-25(37(30(40)42-32(6,7)8)21-23-13-10-9-11-14-23)17-27(35-38(26)28)33-18-24-15-12-16-36(20-24)29(39)41-31(3,4)5/h9-11,13-14,17,19,22,24H,12,15-16,18,20-21H2,1-8H3,(H,33,35)/t24-/m1/s1. The minimum absolute atomic E-state index is 0.167. The minimum Gasteiger partial charge on any atom is -0.444 e. The van der Waals surface area contributed by atoms with Gasteiger partial charge in [0.2, 0.25) is 0 Å². The molecule has 3 aromatic rings. The number of amides is 2. The van der Waals surface area contributed by atoms with Crippen LogP contribution >= 0.6 is 0 Å². The Morgan fingerprint density at radius 1 is 1.07 bits per heavy atom. The Balaban J connectivity index is 1.65. The maximum atomic E-state index is 13.6. The van der Waals surface area contributed by atoms with Crippen molar-refractivity contribution in [3.05, 3.63) is 53.9 Å². The van der Waals surface area contributed by atoms with Gasteiger partial charge in [0, 0.05) is 25.7 Å². The lowest BCUT2D eigenvalue weighted by molar-refractivity contribution is 0.0172. The van der Waals surface area contributed by atoms with Crippen molar-refractivity contribution in [2.75, 3.05) is 29.9 Å². The quantitative estimate of drug-likeness (QED) is 0.327. The number of hydrogen-bond donors (Lipinski definition) is 1. The van der Waals surface area contributed by atoms with Crippen LogP contribution in [0, 0.1) is 5.92 Å². The third kappa shape index (κ3) is 8.14. The highest BCUT2D eigenvalue weighted by molar-refractivity contribution is 5.93. The van der Waals surface area contributed by atoms with Crippen molar-refractivity contribution < 1.29 is 19.1 Å². The zero-order valence-electron chi connectivity index (χ0n) is 26.3. The summed E-state index contributed by atoms with van der Waals surface area (Å²) >= 11 is 0. The van der Waals surface area contributed by atoms with Gasteiger partial charge >= 0.3 is 12.2 Å². The van der Waals surface area contributed by atoms with Crippen LogP contribution in [0.1, 0.15) is 85.4 Å². The normalized spacial score (nSPS) is 16.0. The topological polar surface area (TPSA) is 101 Å². The summed E-state index contributed by atoms with van der Waals surface area (Å²) in [6, 6.07) is 11.7. The van der Waals surface area contributed by atoms with Gasteiger partial charge in [0.1, 0.15) is 17.0 Å². The van der Waals surface area contributed by atoms with E-state index in [1.165, 1.54) is 0 Å². The summed E-state index contributed by atoms with van der Waals surface area (Å²) in [5, 5.41) is 8.39. The number of carbonyl (C=O) groups is 2. The van der Waals surface area contributed by atoms with Crippen LogP contribution in [0.2, 0.25) is 0 Å². The molecule has 1 saturated heterocycles. The second-order valence-electron chi connectivity index (χ2n) is 13.4. The fourth-order valence-corrected chi connectivity index (χ4v) is 4.95. The number of piperidine rings is 1. The molecule has 0 spiro atoms. The van der Waals surface area contributed by atoms with Crippen LogP contribution in [0.4, 0.5) is 21.1 Å². The number of aromatic nitrogens is 3. The SMILES string of the molecule is CC(C)c1cnc2c(N(Cc3ccccc3)C(=O)OC(C)(C)C)cc(NC[C@H]3CCCN(C(=O)OC(C)(C)C)C3)nn12. The fourth-order valence-electron chi connectivity index (χ4n) is 4.95. The molecule has 0 radical (unpaired) electrons. The van der Waals surface area contributed by atoms with Gasteiger partial charge in [-0.15, -0.1) is 5.10 Å². The van der Waals surface area contributed by atoms with Crippen LogP contribution < -0.4 is 10.2 Å². The summed E-state index contributed by atoms with van der Waals surface area (Å²) in [5.74, 6) is 1.01. The average molecular weight is 579 g/mol. The van der Waals surface area contributed by atoms with E-state index in [0.717, 1.165) is 24.1 Å². The fraction of sp³-hybridized carbons (Fsp3) is 0.562. The van der Waals surface area contributed by atoms with Gasteiger partial charge in [-0.25, -0.2) is 19.1 Å². The third-order valence-corrected chi connectivity index (χ3v) is 6.90. The molecule has 42 heavy (non-hydrogen) atoms. The number of rotatable bonds is 7. The van der Waals surface area contributed by atoms with Crippen molar-refractivity contribution in [1.29, 1.82) is 0 Å². The Kier molecular flexibility index (Phi) is 9.33. The molecule has 1 aromatic carbocycles. The Morgan fingerprint density at radius 2 is 1.76 bits per heavy atom. The van der Waals surface area contributed by atoms with E-state index in [1.807, 2.05) is 88.7 Å². The van der Waals surface area contributed by atoms with E-state index in [0.29, 0.717) is 43.3 Å². The molecule has 0 saturated carbocycles. The number of hydrogen-bond acceptors (Lipinski definition) is 7. The highest BCUT2D eigenvalue weighted by Crippen LogP contribution is 2.30. The van der Waals surface area contributed by atoms with Gasteiger partial charge in [-0.05, 0) is 71.8 Å². The number of carbonyl (C=O) groups excluding carboxylic acids is 2. The van der Waals surface area contributed by atoms with Crippen LogP contribution in [0.5, 0.6) is 0 Å². The van der Waals surface area contributed by atoms with Gasteiger partial charge in [0.15, 0.2) is 5.65 Å². The first kappa shape index (κ1) is 31.1. The van der Waals surface area contributed by atoms with Gasteiger partial charge < -0.3 is 19.7 Å². The second kappa shape index (κ2) is 12.6. The number of ether oxygens (including phenoxy) is 2. The van der Waals surface area contributed by atoms with Crippen molar-refractivity contribution in [1.82, 2.24) is 19.5 Å². The van der Waals surface area contributed by atoms with Crippen molar-refractivity contribution in [3.8, 4) is 0 Å². The van der Waals surface area contributed by atoms with Gasteiger partial charge in [-0.2, -0.15) is 0 Å². The van der Waals surface area contributed by atoms with Crippen LogP contribution in [-0.4, -0.2) is 62.5 Å². The molecule has 1 aliphatic heterocycles. The zero-order valence-corrected chi connectivity index (χ0v) is 26.3. The average Bonchev–Trinajstić information content (AvgIpc) is 3.33. The number of benzene rings is 1. The second-order valence-corrected chi connectivity index (χ2v) is 13.4. The van der Waals surface area contributed by atoms with Crippen LogP contribution in [-0.2, 0) is 16.0 Å². The van der Waals surface area contributed by atoms with Crippen molar-refractivity contribution in [2.45, 2.75) is 91.9 Å². The van der Waals surface area contributed by atoms with E-state index in [-0.39, 0.29) is 17.9 Å². The number of nitrogens with one attached hydrogen (secondary N) is 1. The molecule has 1 atom stereocenters. The van der Waals surface area contributed by atoms with E-state index in [1.54, 1.807) is 9.80 Å².